The molecule has 0 fully saturated rings. The van der Waals surface area contributed by atoms with Crippen molar-refractivity contribution in [2.24, 2.45) is 0 Å². The number of nitro benzene ring substituents is 1. The number of benzene rings is 2. The van der Waals surface area contributed by atoms with Gasteiger partial charge in [0.1, 0.15) is 18.0 Å². The summed E-state index contributed by atoms with van der Waals surface area (Å²) >= 11 is 6.15. The fourth-order valence-corrected chi connectivity index (χ4v) is 4.36. The van der Waals surface area contributed by atoms with Gasteiger partial charge in [0.15, 0.2) is 12.0 Å². The Morgan fingerprint density at radius 2 is 2.03 bits per heavy atom. The highest BCUT2D eigenvalue weighted by Crippen LogP contribution is 2.43. The molecule has 1 atom stereocenters. The number of carboxylic acids is 1. The molecule has 166 valence electrons. The molecule has 0 bridgehead atoms. The van der Waals surface area contributed by atoms with Crippen molar-refractivity contribution in [1.29, 1.82) is 0 Å². The first kappa shape index (κ1) is 22.9. The maximum Gasteiger partial charge on any atom is 0.338 e. The Morgan fingerprint density at radius 3 is 2.65 bits per heavy atom. The summed E-state index contributed by atoms with van der Waals surface area (Å²) in [6, 6.07) is 6.78. The standard InChI is InChI=1S/C21H21ClFNO7/c1-29-20(30-2)21(7-3-4-12-8-13(22)5-6-15(12)21)11-31-18-10-16(23)14(19(25)26)9-17(18)24(27)28/h5-6,8-10,20H,3-4,7,11H2,1-2H3,(H,25,26). The minimum Gasteiger partial charge on any atom is -0.486 e. The Bertz CT molecular complexity index is 1010. The van der Waals surface area contributed by atoms with Gasteiger partial charge in [-0.1, -0.05) is 17.7 Å². The highest BCUT2D eigenvalue weighted by Gasteiger charge is 2.46. The molecule has 1 aliphatic rings. The molecular weight excluding hydrogens is 433 g/mol. The van der Waals surface area contributed by atoms with E-state index in [0.717, 1.165) is 30.0 Å². The lowest BCUT2D eigenvalue weighted by atomic mass is 9.69. The minimum absolute atomic E-state index is 0.124. The van der Waals surface area contributed by atoms with Crippen molar-refractivity contribution in [2.75, 3.05) is 20.8 Å². The lowest BCUT2D eigenvalue weighted by Crippen LogP contribution is -2.49. The molecule has 0 amide bonds. The van der Waals surface area contributed by atoms with Crippen LogP contribution in [-0.4, -0.2) is 43.1 Å². The first-order valence-corrected chi connectivity index (χ1v) is 9.80. The van der Waals surface area contributed by atoms with Crippen molar-refractivity contribution in [2.45, 2.75) is 31.0 Å². The zero-order chi connectivity index (χ0) is 22.8. The van der Waals surface area contributed by atoms with Crippen LogP contribution in [0.25, 0.3) is 0 Å². The van der Waals surface area contributed by atoms with Gasteiger partial charge in [0, 0.05) is 31.4 Å². The lowest BCUT2D eigenvalue weighted by molar-refractivity contribution is -0.386. The number of fused-ring (bicyclic) bond motifs is 1. The Balaban J connectivity index is 2.06. The van der Waals surface area contributed by atoms with E-state index in [2.05, 4.69) is 0 Å². The van der Waals surface area contributed by atoms with E-state index in [1.54, 1.807) is 6.07 Å². The van der Waals surface area contributed by atoms with Crippen LogP contribution in [0.2, 0.25) is 5.02 Å². The van der Waals surface area contributed by atoms with Crippen molar-refractivity contribution in [3.63, 3.8) is 0 Å². The molecule has 2 aromatic rings. The number of nitrogens with zero attached hydrogens (tertiary/aromatic N) is 1. The average Bonchev–Trinajstić information content (AvgIpc) is 2.72. The van der Waals surface area contributed by atoms with Crippen LogP contribution >= 0.6 is 11.6 Å². The molecule has 10 heteroatoms. The van der Waals surface area contributed by atoms with Gasteiger partial charge in [-0.25, -0.2) is 9.18 Å². The molecule has 0 saturated carbocycles. The summed E-state index contributed by atoms with van der Waals surface area (Å²) in [4.78, 5) is 21.8. The zero-order valence-electron chi connectivity index (χ0n) is 16.9. The third kappa shape index (κ3) is 4.34. The van der Waals surface area contributed by atoms with Gasteiger partial charge in [-0.3, -0.25) is 10.1 Å². The molecular formula is C21H21ClFNO7. The smallest absolute Gasteiger partial charge is 0.338 e. The second-order valence-corrected chi connectivity index (χ2v) is 7.70. The number of halogens is 2. The van der Waals surface area contributed by atoms with E-state index in [1.165, 1.54) is 14.2 Å². The molecule has 0 spiro atoms. The van der Waals surface area contributed by atoms with Crippen LogP contribution in [0.4, 0.5) is 10.1 Å². The highest BCUT2D eigenvalue weighted by atomic mass is 35.5. The predicted octanol–water partition coefficient (Wildman–Crippen LogP) is 4.36. The second-order valence-electron chi connectivity index (χ2n) is 7.27. The second kappa shape index (κ2) is 9.17. The molecule has 0 aliphatic heterocycles. The van der Waals surface area contributed by atoms with Crippen LogP contribution < -0.4 is 4.74 Å². The van der Waals surface area contributed by atoms with Crippen molar-refractivity contribution in [1.82, 2.24) is 0 Å². The molecule has 0 radical (unpaired) electrons. The summed E-state index contributed by atoms with van der Waals surface area (Å²) in [5.41, 5.74) is -0.464. The Kier molecular flexibility index (Phi) is 6.78. The monoisotopic (exact) mass is 453 g/mol. The summed E-state index contributed by atoms with van der Waals surface area (Å²) in [5, 5.41) is 21.1. The topological polar surface area (TPSA) is 108 Å². The number of rotatable bonds is 8. The van der Waals surface area contributed by atoms with Crippen molar-refractivity contribution in [3.8, 4) is 5.75 Å². The van der Waals surface area contributed by atoms with Crippen molar-refractivity contribution < 1.29 is 33.4 Å². The van der Waals surface area contributed by atoms with Crippen LogP contribution in [0, 0.1) is 15.9 Å². The average molecular weight is 454 g/mol. The van der Waals surface area contributed by atoms with Gasteiger partial charge in [0.25, 0.3) is 0 Å². The third-order valence-electron chi connectivity index (χ3n) is 5.51. The van der Waals surface area contributed by atoms with Gasteiger partial charge in [0.05, 0.1) is 10.3 Å². The van der Waals surface area contributed by atoms with Gasteiger partial charge in [-0.05, 0) is 42.5 Å². The number of hydrogen-bond acceptors (Lipinski definition) is 6. The number of methoxy groups -OCH3 is 2. The minimum atomic E-state index is -1.61. The fraction of sp³-hybridized carbons (Fsp3) is 0.381. The molecule has 0 saturated heterocycles. The highest BCUT2D eigenvalue weighted by molar-refractivity contribution is 6.30. The summed E-state index contributed by atoms with van der Waals surface area (Å²) in [7, 11) is 2.95. The normalized spacial score (nSPS) is 18.0. The summed E-state index contributed by atoms with van der Waals surface area (Å²) in [6.07, 6.45) is 1.36. The van der Waals surface area contributed by atoms with Crippen LogP contribution in [0.15, 0.2) is 30.3 Å². The summed E-state index contributed by atoms with van der Waals surface area (Å²) in [6.45, 7) is -0.124. The SMILES string of the molecule is COC(OC)C1(COc2cc(F)c(C(=O)O)cc2[N+](=O)[O-])CCCc2cc(Cl)ccc21. The third-order valence-corrected chi connectivity index (χ3v) is 5.75. The molecule has 31 heavy (non-hydrogen) atoms. The Labute approximate surface area is 182 Å². The molecule has 3 rings (SSSR count). The lowest BCUT2D eigenvalue weighted by Gasteiger charge is -2.42. The number of aromatic carboxylic acids is 1. The van der Waals surface area contributed by atoms with E-state index in [1.807, 2.05) is 12.1 Å². The van der Waals surface area contributed by atoms with Crippen LogP contribution in [-0.2, 0) is 21.3 Å². The van der Waals surface area contributed by atoms with Crippen molar-refractivity contribution in [3.05, 3.63) is 68.0 Å². The van der Waals surface area contributed by atoms with E-state index in [9.17, 15) is 19.3 Å². The van der Waals surface area contributed by atoms with E-state index in [0.29, 0.717) is 17.5 Å². The van der Waals surface area contributed by atoms with Gasteiger partial charge in [0.2, 0.25) is 0 Å². The van der Waals surface area contributed by atoms with Gasteiger partial charge >= 0.3 is 11.7 Å². The predicted molar refractivity (Wildman–Crippen MR) is 109 cm³/mol. The quantitative estimate of drug-likeness (QED) is 0.359. The largest absolute Gasteiger partial charge is 0.486 e. The maximum atomic E-state index is 14.2. The van der Waals surface area contributed by atoms with Crippen LogP contribution in [0.5, 0.6) is 5.75 Å². The Morgan fingerprint density at radius 1 is 1.32 bits per heavy atom. The van der Waals surface area contributed by atoms with E-state index in [-0.39, 0.29) is 12.4 Å². The number of carboxylic acid groups (broad SMARTS) is 1. The van der Waals surface area contributed by atoms with Crippen molar-refractivity contribution >= 4 is 23.3 Å². The molecule has 2 aromatic carbocycles. The first-order valence-electron chi connectivity index (χ1n) is 9.42. The fourth-order valence-electron chi connectivity index (χ4n) is 4.17. The number of carbonyl (C=O) groups is 1. The first-order chi connectivity index (χ1) is 14.7. The molecule has 1 unspecified atom stereocenters. The zero-order valence-corrected chi connectivity index (χ0v) is 17.6. The van der Waals surface area contributed by atoms with E-state index < -0.39 is 39.7 Å². The van der Waals surface area contributed by atoms with Crippen LogP contribution in [0.1, 0.15) is 34.3 Å². The van der Waals surface area contributed by atoms with Gasteiger partial charge < -0.3 is 19.3 Å². The molecule has 0 aromatic heterocycles. The molecule has 8 nitrogen and oxygen atoms in total. The van der Waals surface area contributed by atoms with Crippen LogP contribution in [0.3, 0.4) is 0 Å². The summed E-state index contributed by atoms with van der Waals surface area (Å²) < 4.78 is 31.1. The number of nitro groups is 1. The summed E-state index contributed by atoms with van der Waals surface area (Å²) in [5.74, 6) is -3.12. The van der Waals surface area contributed by atoms with E-state index >= 15 is 0 Å². The number of ether oxygens (including phenoxy) is 3. The molecule has 1 N–H and O–H groups in total. The maximum absolute atomic E-state index is 14.2. The van der Waals surface area contributed by atoms with Gasteiger partial charge in [-0.15, -0.1) is 0 Å². The number of hydrogen-bond donors (Lipinski definition) is 1. The van der Waals surface area contributed by atoms with Gasteiger partial charge in [-0.2, -0.15) is 0 Å². The molecule has 1 aliphatic carbocycles. The van der Waals surface area contributed by atoms with E-state index in [4.69, 9.17) is 30.9 Å². The number of aryl methyl sites for hydroxylation is 1. The Hall–Kier alpha value is -2.75. The molecule has 0 heterocycles.